The van der Waals surface area contributed by atoms with Gasteiger partial charge >= 0.3 is 0 Å². The maximum absolute atomic E-state index is 13.4. The van der Waals surface area contributed by atoms with E-state index in [1.807, 2.05) is 24.3 Å². The fourth-order valence-electron chi connectivity index (χ4n) is 2.62. The molecule has 1 saturated carbocycles. The molecule has 2 unspecified atom stereocenters. The summed E-state index contributed by atoms with van der Waals surface area (Å²) in [5.74, 6) is 0.439. The zero-order valence-corrected chi connectivity index (χ0v) is 12.8. The molecule has 0 spiro atoms. The molecule has 2 aromatic carbocycles. The summed E-state index contributed by atoms with van der Waals surface area (Å²) in [7, 11) is 1.64. The summed E-state index contributed by atoms with van der Waals surface area (Å²) < 4.78 is 24.0. The van der Waals surface area contributed by atoms with Gasteiger partial charge in [-0.15, -0.1) is 0 Å². The second kappa shape index (κ2) is 6.69. The van der Waals surface area contributed by atoms with Gasteiger partial charge in [0.1, 0.15) is 5.75 Å². The van der Waals surface area contributed by atoms with Crippen LogP contribution in [-0.4, -0.2) is 25.7 Å². The Morgan fingerprint density at radius 1 is 1.17 bits per heavy atom. The molecule has 2 atom stereocenters. The lowest BCUT2D eigenvalue weighted by molar-refractivity contribution is -0.123. The van der Waals surface area contributed by atoms with Crippen molar-refractivity contribution in [1.82, 2.24) is 5.32 Å². The summed E-state index contributed by atoms with van der Waals surface area (Å²) >= 11 is 0. The third kappa shape index (κ3) is 3.62. The standard InChI is InChI=1S/C18H18FNO3/c1-22-16-8-4-2-6-12(16)13-10-15(13)20-18(21)11-23-17-9-5-3-7-14(17)19/h2-9,13,15H,10-11H2,1H3,(H,20,21). The van der Waals surface area contributed by atoms with Crippen molar-refractivity contribution in [2.75, 3.05) is 13.7 Å². The summed E-state index contributed by atoms with van der Waals surface area (Å²) in [4.78, 5) is 11.9. The highest BCUT2D eigenvalue weighted by molar-refractivity contribution is 5.78. The number of benzene rings is 2. The lowest BCUT2D eigenvalue weighted by Crippen LogP contribution is -2.31. The molecule has 4 nitrogen and oxygen atoms in total. The molecule has 23 heavy (non-hydrogen) atoms. The lowest BCUT2D eigenvalue weighted by atomic mass is 10.1. The summed E-state index contributed by atoms with van der Waals surface area (Å²) in [6, 6.07) is 13.9. The predicted molar refractivity (Wildman–Crippen MR) is 84.2 cm³/mol. The molecule has 120 valence electrons. The molecule has 0 heterocycles. The third-order valence-corrected chi connectivity index (χ3v) is 3.87. The smallest absolute Gasteiger partial charge is 0.258 e. The molecule has 5 heteroatoms. The van der Waals surface area contributed by atoms with Crippen LogP contribution >= 0.6 is 0 Å². The average Bonchev–Trinajstić information content (AvgIpc) is 3.33. The molecule has 2 aromatic rings. The van der Waals surface area contributed by atoms with Crippen LogP contribution in [0.5, 0.6) is 11.5 Å². The SMILES string of the molecule is COc1ccccc1C1CC1NC(=O)COc1ccccc1F. The summed E-state index contributed by atoms with van der Waals surface area (Å²) in [5, 5.41) is 2.90. The molecule has 0 bridgehead atoms. The Morgan fingerprint density at radius 3 is 2.61 bits per heavy atom. The van der Waals surface area contributed by atoms with Gasteiger partial charge in [0, 0.05) is 12.0 Å². The van der Waals surface area contributed by atoms with Crippen molar-refractivity contribution in [2.24, 2.45) is 0 Å². The minimum absolute atomic E-state index is 0.0722. The molecular weight excluding hydrogens is 297 g/mol. The van der Waals surface area contributed by atoms with Crippen molar-refractivity contribution in [2.45, 2.75) is 18.4 Å². The summed E-state index contributed by atoms with van der Waals surface area (Å²) in [5.41, 5.74) is 1.09. The number of carbonyl (C=O) groups is 1. The van der Waals surface area contributed by atoms with E-state index in [2.05, 4.69) is 5.32 Å². The molecule has 0 aromatic heterocycles. The van der Waals surface area contributed by atoms with Gasteiger partial charge in [0.2, 0.25) is 0 Å². The van der Waals surface area contributed by atoms with Gasteiger partial charge in [0.25, 0.3) is 5.91 Å². The number of nitrogens with one attached hydrogen (secondary N) is 1. The van der Waals surface area contributed by atoms with Crippen LogP contribution in [0.3, 0.4) is 0 Å². The van der Waals surface area contributed by atoms with Gasteiger partial charge in [-0.05, 0) is 30.2 Å². The van der Waals surface area contributed by atoms with Crippen LogP contribution in [-0.2, 0) is 4.79 Å². The zero-order valence-electron chi connectivity index (χ0n) is 12.8. The van der Waals surface area contributed by atoms with Crippen LogP contribution in [0.2, 0.25) is 0 Å². The van der Waals surface area contributed by atoms with Crippen LogP contribution in [0, 0.1) is 5.82 Å². The molecule has 1 amide bonds. The van der Waals surface area contributed by atoms with Crippen molar-refractivity contribution in [1.29, 1.82) is 0 Å². The Labute approximate surface area is 134 Å². The molecule has 1 aliphatic rings. The maximum atomic E-state index is 13.4. The third-order valence-electron chi connectivity index (χ3n) is 3.87. The van der Waals surface area contributed by atoms with Crippen LogP contribution in [0.4, 0.5) is 4.39 Å². The van der Waals surface area contributed by atoms with Crippen LogP contribution in [0.1, 0.15) is 17.9 Å². The van der Waals surface area contributed by atoms with E-state index >= 15 is 0 Å². The average molecular weight is 315 g/mol. The van der Waals surface area contributed by atoms with Crippen molar-refractivity contribution >= 4 is 5.91 Å². The number of ether oxygens (including phenoxy) is 2. The highest BCUT2D eigenvalue weighted by Crippen LogP contribution is 2.44. The fourth-order valence-corrected chi connectivity index (χ4v) is 2.62. The summed E-state index contributed by atoms with van der Waals surface area (Å²) in [6.45, 7) is -0.198. The van der Waals surface area contributed by atoms with Crippen LogP contribution in [0.15, 0.2) is 48.5 Å². The molecule has 0 aliphatic heterocycles. The largest absolute Gasteiger partial charge is 0.496 e. The first-order chi connectivity index (χ1) is 11.2. The lowest BCUT2D eigenvalue weighted by Gasteiger charge is -2.09. The normalized spacial score (nSPS) is 19.0. The number of halogens is 1. The maximum Gasteiger partial charge on any atom is 0.258 e. The van der Waals surface area contributed by atoms with Crippen LogP contribution in [0.25, 0.3) is 0 Å². The minimum atomic E-state index is -0.473. The van der Waals surface area contributed by atoms with Crippen molar-refractivity contribution in [3.63, 3.8) is 0 Å². The zero-order chi connectivity index (χ0) is 16.2. The number of carbonyl (C=O) groups excluding carboxylic acids is 1. The Bertz CT molecular complexity index is 704. The van der Waals surface area contributed by atoms with Crippen molar-refractivity contribution < 1.29 is 18.7 Å². The van der Waals surface area contributed by atoms with E-state index in [0.29, 0.717) is 0 Å². The van der Waals surface area contributed by atoms with E-state index in [-0.39, 0.29) is 30.2 Å². The predicted octanol–water partition coefficient (Wildman–Crippen LogP) is 2.89. The number of amides is 1. The number of methoxy groups -OCH3 is 1. The first-order valence-corrected chi connectivity index (χ1v) is 7.48. The Hall–Kier alpha value is -2.56. The topological polar surface area (TPSA) is 47.6 Å². The van der Waals surface area contributed by atoms with E-state index in [0.717, 1.165) is 17.7 Å². The monoisotopic (exact) mass is 315 g/mol. The van der Waals surface area contributed by atoms with Crippen LogP contribution < -0.4 is 14.8 Å². The van der Waals surface area contributed by atoms with Gasteiger partial charge in [0.05, 0.1) is 7.11 Å². The van der Waals surface area contributed by atoms with Gasteiger partial charge in [0.15, 0.2) is 18.2 Å². The van der Waals surface area contributed by atoms with E-state index in [1.165, 1.54) is 12.1 Å². The van der Waals surface area contributed by atoms with Crippen molar-refractivity contribution in [3.8, 4) is 11.5 Å². The van der Waals surface area contributed by atoms with Crippen molar-refractivity contribution in [3.05, 3.63) is 59.9 Å². The Morgan fingerprint density at radius 2 is 1.87 bits per heavy atom. The van der Waals surface area contributed by atoms with E-state index in [1.54, 1.807) is 19.2 Å². The molecule has 1 N–H and O–H groups in total. The first-order valence-electron chi connectivity index (χ1n) is 7.48. The van der Waals surface area contributed by atoms with Gasteiger partial charge in [-0.3, -0.25) is 4.79 Å². The number of para-hydroxylation sites is 2. The second-order valence-corrected chi connectivity index (χ2v) is 5.48. The number of hydrogen-bond donors (Lipinski definition) is 1. The molecule has 0 radical (unpaired) electrons. The van der Waals surface area contributed by atoms with Gasteiger partial charge in [-0.1, -0.05) is 30.3 Å². The first kappa shape index (κ1) is 15.3. The molecular formula is C18H18FNO3. The fraction of sp³-hybridized carbons (Fsp3) is 0.278. The molecule has 0 saturated heterocycles. The Balaban J connectivity index is 1.51. The van der Waals surface area contributed by atoms with E-state index in [4.69, 9.17) is 9.47 Å². The number of hydrogen-bond acceptors (Lipinski definition) is 3. The highest BCUT2D eigenvalue weighted by atomic mass is 19.1. The highest BCUT2D eigenvalue weighted by Gasteiger charge is 2.41. The molecule has 1 aliphatic carbocycles. The second-order valence-electron chi connectivity index (χ2n) is 5.48. The summed E-state index contributed by atoms with van der Waals surface area (Å²) in [6.07, 6.45) is 0.867. The Kier molecular flexibility index (Phi) is 4.46. The van der Waals surface area contributed by atoms with E-state index in [9.17, 15) is 9.18 Å². The van der Waals surface area contributed by atoms with Gasteiger partial charge < -0.3 is 14.8 Å². The quantitative estimate of drug-likeness (QED) is 0.891. The number of rotatable bonds is 6. The van der Waals surface area contributed by atoms with E-state index < -0.39 is 5.82 Å². The van der Waals surface area contributed by atoms with Gasteiger partial charge in [-0.25, -0.2) is 4.39 Å². The minimum Gasteiger partial charge on any atom is -0.496 e. The molecule has 1 fully saturated rings. The molecule has 3 rings (SSSR count). The van der Waals surface area contributed by atoms with Gasteiger partial charge in [-0.2, -0.15) is 0 Å².